The lowest BCUT2D eigenvalue weighted by Crippen LogP contribution is -2.35. The Morgan fingerprint density at radius 3 is 2.50 bits per heavy atom. The molecule has 1 rings (SSSR count). The van der Waals surface area contributed by atoms with E-state index < -0.39 is 0 Å². The van der Waals surface area contributed by atoms with Crippen LogP contribution in [-0.2, 0) is 9.53 Å². The Labute approximate surface area is 87.0 Å². The Hall–Kier alpha value is -0.530. The van der Waals surface area contributed by atoms with Crippen LogP contribution in [0.2, 0.25) is 0 Å². The highest BCUT2D eigenvalue weighted by atomic mass is 16.5. The van der Waals surface area contributed by atoms with Gasteiger partial charge in [-0.3, -0.25) is 4.79 Å². The molecular formula is C12H22O2. The van der Waals surface area contributed by atoms with Gasteiger partial charge in [-0.25, -0.2) is 0 Å². The summed E-state index contributed by atoms with van der Waals surface area (Å²) in [5.74, 6) is 1.76. The van der Waals surface area contributed by atoms with Crippen molar-refractivity contribution in [3.63, 3.8) is 0 Å². The van der Waals surface area contributed by atoms with E-state index in [4.69, 9.17) is 4.74 Å². The average Bonchev–Trinajstić information content (AvgIpc) is 2.01. The SMILES string of the molecule is CC(=O)O[C@H]1C[C@H](C)CC[C@@H]1C(C)C. The number of carbonyl (C=O) groups is 1. The summed E-state index contributed by atoms with van der Waals surface area (Å²) in [6.07, 6.45) is 3.69. The average molecular weight is 198 g/mol. The maximum Gasteiger partial charge on any atom is 0.302 e. The molecule has 1 aliphatic rings. The van der Waals surface area contributed by atoms with Gasteiger partial charge in [-0.2, -0.15) is 0 Å². The van der Waals surface area contributed by atoms with E-state index in [1.165, 1.54) is 19.8 Å². The lowest BCUT2D eigenvalue weighted by atomic mass is 9.75. The monoisotopic (exact) mass is 198 g/mol. The fraction of sp³-hybridized carbons (Fsp3) is 0.917. The first kappa shape index (κ1) is 11.5. The van der Waals surface area contributed by atoms with Crippen LogP contribution in [0.1, 0.15) is 47.0 Å². The summed E-state index contributed by atoms with van der Waals surface area (Å²) in [5, 5.41) is 0. The number of hydrogen-bond donors (Lipinski definition) is 0. The van der Waals surface area contributed by atoms with Crippen molar-refractivity contribution in [2.45, 2.75) is 53.1 Å². The van der Waals surface area contributed by atoms with Crippen LogP contribution in [0.15, 0.2) is 0 Å². The summed E-state index contributed by atoms with van der Waals surface area (Å²) in [6, 6.07) is 0. The van der Waals surface area contributed by atoms with E-state index in [-0.39, 0.29) is 12.1 Å². The number of rotatable bonds is 2. The first-order valence-corrected chi connectivity index (χ1v) is 5.68. The molecular weight excluding hydrogens is 176 g/mol. The maximum atomic E-state index is 11.0. The minimum Gasteiger partial charge on any atom is -0.462 e. The molecule has 0 amide bonds. The molecule has 0 radical (unpaired) electrons. The maximum absolute atomic E-state index is 11.0. The summed E-state index contributed by atoms with van der Waals surface area (Å²) in [5.41, 5.74) is 0. The summed E-state index contributed by atoms with van der Waals surface area (Å²) >= 11 is 0. The molecule has 0 aliphatic heterocycles. The second-order valence-corrected chi connectivity index (χ2v) is 4.97. The molecule has 3 atom stereocenters. The zero-order valence-corrected chi connectivity index (χ0v) is 9.75. The van der Waals surface area contributed by atoms with Gasteiger partial charge in [0, 0.05) is 6.92 Å². The van der Waals surface area contributed by atoms with E-state index in [1.54, 1.807) is 0 Å². The zero-order valence-electron chi connectivity index (χ0n) is 9.75. The van der Waals surface area contributed by atoms with Gasteiger partial charge in [0.25, 0.3) is 0 Å². The Bertz CT molecular complexity index is 198. The minimum absolute atomic E-state index is 0.130. The Kier molecular flexibility index (Phi) is 3.97. The first-order chi connectivity index (χ1) is 6.50. The van der Waals surface area contributed by atoms with Crippen LogP contribution in [0.25, 0.3) is 0 Å². The molecule has 0 heterocycles. The zero-order chi connectivity index (χ0) is 10.7. The van der Waals surface area contributed by atoms with Gasteiger partial charge in [-0.1, -0.05) is 27.2 Å². The van der Waals surface area contributed by atoms with Gasteiger partial charge in [0.2, 0.25) is 0 Å². The van der Waals surface area contributed by atoms with Gasteiger partial charge in [0.15, 0.2) is 0 Å². The van der Waals surface area contributed by atoms with Crippen LogP contribution in [0.5, 0.6) is 0 Å². The molecule has 14 heavy (non-hydrogen) atoms. The third kappa shape index (κ3) is 3.00. The minimum atomic E-state index is -0.130. The third-order valence-electron chi connectivity index (χ3n) is 3.28. The van der Waals surface area contributed by atoms with Crippen molar-refractivity contribution >= 4 is 5.97 Å². The number of carbonyl (C=O) groups excluding carboxylic acids is 1. The molecule has 2 nitrogen and oxygen atoms in total. The Morgan fingerprint density at radius 1 is 1.36 bits per heavy atom. The fourth-order valence-corrected chi connectivity index (χ4v) is 2.46. The normalized spacial score (nSPS) is 33.1. The van der Waals surface area contributed by atoms with Gasteiger partial charge in [0.1, 0.15) is 6.10 Å². The van der Waals surface area contributed by atoms with E-state index in [0.29, 0.717) is 17.8 Å². The molecule has 0 aromatic carbocycles. The summed E-state index contributed by atoms with van der Waals surface area (Å²) in [4.78, 5) is 11.0. The lowest BCUT2D eigenvalue weighted by Gasteiger charge is -2.36. The summed E-state index contributed by atoms with van der Waals surface area (Å²) in [6.45, 7) is 8.19. The lowest BCUT2D eigenvalue weighted by molar-refractivity contribution is -0.153. The van der Waals surface area contributed by atoms with Crippen LogP contribution < -0.4 is 0 Å². The smallest absolute Gasteiger partial charge is 0.302 e. The number of hydrogen-bond acceptors (Lipinski definition) is 2. The first-order valence-electron chi connectivity index (χ1n) is 5.68. The van der Waals surface area contributed by atoms with Crippen LogP contribution in [0.3, 0.4) is 0 Å². The van der Waals surface area contributed by atoms with Crippen molar-refractivity contribution in [2.75, 3.05) is 0 Å². The molecule has 0 aromatic rings. The number of esters is 1. The van der Waals surface area contributed by atoms with E-state index in [2.05, 4.69) is 20.8 Å². The molecule has 82 valence electrons. The number of ether oxygens (including phenoxy) is 1. The molecule has 0 bridgehead atoms. The highest BCUT2D eigenvalue weighted by Gasteiger charge is 2.32. The van der Waals surface area contributed by atoms with E-state index in [9.17, 15) is 4.79 Å². The largest absolute Gasteiger partial charge is 0.462 e. The predicted molar refractivity (Wildman–Crippen MR) is 56.9 cm³/mol. The second-order valence-electron chi connectivity index (χ2n) is 4.97. The van der Waals surface area contributed by atoms with Crippen LogP contribution in [0, 0.1) is 17.8 Å². The van der Waals surface area contributed by atoms with Crippen LogP contribution in [0.4, 0.5) is 0 Å². The Balaban J connectivity index is 2.58. The molecule has 0 unspecified atom stereocenters. The highest BCUT2D eigenvalue weighted by Crippen LogP contribution is 2.35. The molecule has 0 aromatic heterocycles. The molecule has 0 N–H and O–H groups in total. The quantitative estimate of drug-likeness (QED) is 0.637. The van der Waals surface area contributed by atoms with Crippen molar-refractivity contribution in [3.05, 3.63) is 0 Å². The second kappa shape index (κ2) is 4.81. The van der Waals surface area contributed by atoms with E-state index >= 15 is 0 Å². The van der Waals surface area contributed by atoms with Gasteiger partial charge >= 0.3 is 5.97 Å². The molecule has 1 aliphatic carbocycles. The Morgan fingerprint density at radius 2 is 2.00 bits per heavy atom. The van der Waals surface area contributed by atoms with Crippen molar-refractivity contribution in [3.8, 4) is 0 Å². The van der Waals surface area contributed by atoms with Crippen molar-refractivity contribution in [1.82, 2.24) is 0 Å². The standard InChI is InChI=1S/C12H22O2/c1-8(2)11-6-5-9(3)7-12(11)14-10(4)13/h8-9,11-12H,5-7H2,1-4H3/t9-,11-,12+/m1/s1. The van der Waals surface area contributed by atoms with Gasteiger partial charge in [-0.15, -0.1) is 0 Å². The molecule has 1 fully saturated rings. The molecule has 0 saturated heterocycles. The molecule has 1 saturated carbocycles. The van der Waals surface area contributed by atoms with Gasteiger partial charge in [-0.05, 0) is 30.6 Å². The molecule has 0 spiro atoms. The van der Waals surface area contributed by atoms with E-state index in [1.807, 2.05) is 0 Å². The predicted octanol–water partition coefficient (Wildman–Crippen LogP) is 3.01. The summed E-state index contributed by atoms with van der Waals surface area (Å²) in [7, 11) is 0. The van der Waals surface area contributed by atoms with Crippen LogP contribution >= 0.6 is 0 Å². The van der Waals surface area contributed by atoms with Crippen LogP contribution in [-0.4, -0.2) is 12.1 Å². The van der Waals surface area contributed by atoms with E-state index in [0.717, 1.165) is 6.42 Å². The molecule has 2 heteroatoms. The van der Waals surface area contributed by atoms with Gasteiger partial charge in [0.05, 0.1) is 0 Å². The van der Waals surface area contributed by atoms with Gasteiger partial charge < -0.3 is 4.74 Å². The highest BCUT2D eigenvalue weighted by molar-refractivity contribution is 5.66. The summed E-state index contributed by atoms with van der Waals surface area (Å²) < 4.78 is 5.40. The van der Waals surface area contributed by atoms with Crippen molar-refractivity contribution < 1.29 is 9.53 Å². The van der Waals surface area contributed by atoms with Crippen molar-refractivity contribution in [2.24, 2.45) is 17.8 Å². The third-order valence-corrected chi connectivity index (χ3v) is 3.28. The van der Waals surface area contributed by atoms with Crippen molar-refractivity contribution in [1.29, 1.82) is 0 Å². The topological polar surface area (TPSA) is 26.3 Å². The fourth-order valence-electron chi connectivity index (χ4n) is 2.46.